The maximum Gasteiger partial charge on any atom is 0.181 e. The van der Waals surface area contributed by atoms with Gasteiger partial charge in [0.05, 0.1) is 0 Å². The van der Waals surface area contributed by atoms with Gasteiger partial charge in [-0.3, -0.25) is 0 Å². The van der Waals surface area contributed by atoms with Crippen molar-refractivity contribution in [2.75, 3.05) is 0 Å². The van der Waals surface area contributed by atoms with Crippen molar-refractivity contribution in [2.45, 2.75) is 0 Å². The molecule has 0 saturated carbocycles. The topological polar surface area (TPSA) is 51.6 Å². The van der Waals surface area contributed by atoms with Crippen LogP contribution in [0.15, 0.2) is 61.2 Å². The van der Waals surface area contributed by atoms with Crippen molar-refractivity contribution < 1.29 is 0 Å². The predicted molar refractivity (Wildman–Crippen MR) is 78.1 cm³/mol. The molecular formula is C16H10N4. The van der Waals surface area contributed by atoms with E-state index in [1.165, 1.54) is 11.7 Å². The minimum Gasteiger partial charge on any atom is -0.249 e. The van der Waals surface area contributed by atoms with Crippen LogP contribution < -0.4 is 0 Å². The van der Waals surface area contributed by atoms with Gasteiger partial charge in [-0.1, -0.05) is 42.5 Å². The summed E-state index contributed by atoms with van der Waals surface area (Å²) >= 11 is 0. The van der Waals surface area contributed by atoms with E-state index in [2.05, 4.69) is 44.2 Å². The van der Waals surface area contributed by atoms with Crippen LogP contribution in [0.4, 0.5) is 0 Å². The number of fused-ring (bicyclic) bond motifs is 2. The molecule has 0 aliphatic rings. The van der Waals surface area contributed by atoms with Crippen molar-refractivity contribution in [1.82, 2.24) is 19.9 Å². The van der Waals surface area contributed by atoms with E-state index in [1.807, 2.05) is 18.2 Å². The quantitative estimate of drug-likeness (QED) is 0.526. The standard InChI is InChI=1S/C16H10N4/c1-2-6-12-11(4-1)5-3-7-13(12)14-15-16(20-10-19-14)18-9-8-17-15/h1-10H. The summed E-state index contributed by atoms with van der Waals surface area (Å²) in [5.74, 6) is 0. The Hall–Kier alpha value is -2.88. The first-order chi connectivity index (χ1) is 9.93. The number of hydrogen-bond donors (Lipinski definition) is 0. The molecule has 4 heteroatoms. The molecule has 2 aromatic carbocycles. The van der Waals surface area contributed by atoms with Gasteiger partial charge in [0.1, 0.15) is 17.5 Å². The SMILES string of the molecule is c1ccc2c(-c3ncnc4nccnc34)cccc2c1. The smallest absolute Gasteiger partial charge is 0.181 e. The second-order valence-corrected chi connectivity index (χ2v) is 4.48. The van der Waals surface area contributed by atoms with Gasteiger partial charge in [-0.15, -0.1) is 0 Å². The average molecular weight is 258 g/mol. The van der Waals surface area contributed by atoms with Crippen LogP contribution in [0.25, 0.3) is 33.2 Å². The Bertz CT molecular complexity index is 830. The third-order valence-electron chi connectivity index (χ3n) is 3.31. The monoisotopic (exact) mass is 258 g/mol. The molecule has 20 heavy (non-hydrogen) atoms. The predicted octanol–water partition coefficient (Wildman–Crippen LogP) is 3.24. The number of benzene rings is 2. The first-order valence-corrected chi connectivity index (χ1v) is 6.33. The van der Waals surface area contributed by atoms with Crippen LogP contribution in [0.5, 0.6) is 0 Å². The molecule has 94 valence electrons. The van der Waals surface area contributed by atoms with Crippen molar-refractivity contribution in [3.63, 3.8) is 0 Å². The summed E-state index contributed by atoms with van der Waals surface area (Å²) in [6.07, 6.45) is 4.84. The molecule has 0 radical (unpaired) electrons. The van der Waals surface area contributed by atoms with E-state index >= 15 is 0 Å². The molecule has 4 aromatic rings. The fourth-order valence-electron chi connectivity index (χ4n) is 2.42. The number of aromatic nitrogens is 4. The molecule has 2 heterocycles. The Morgan fingerprint density at radius 2 is 1.55 bits per heavy atom. The van der Waals surface area contributed by atoms with Gasteiger partial charge in [0.2, 0.25) is 0 Å². The molecule has 4 rings (SSSR count). The van der Waals surface area contributed by atoms with Crippen LogP contribution in [0, 0.1) is 0 Å². The van der Waals surface area contributed by atoms with E-state index in [9.17, 15) is 0 Å². The molecule has 0 unspecified atom stereocenters. The average Bonchev–Trinajstić information content (AvgIpc) is 2.54. The van der Waals surface area contributed by atoms with Gasteiger partial charge in [-0.25, -0.2) is 19.9 Å². The van der Waals surface area contributed by atoms with E-state index in [4.69, 9.17) is 0 Å². The summed E-state index contributed by atoms with van der Waals surface area (Å²) in [4.78, 5) is 17.2. The zero-order valence-electron chi connectivity index (χ0n) is 10.6. The van der Waals surface area contributed by atoms with Gasteiger partial charge >= 0.3 is 0 Å². The molecule has 0 N–H and O–H groups in total. The summed E-state index contributed by atoms with van der Waals surface area (Å²) in [7, 11) is 0. The van der Waals surface area contributed by atoms with Crippen molar-refractivity contribution in [3.05, 3.63) is 61.2 Å². The van der Waals surface area contributed by atoms with Gasteiger partial charge in [0.25, 0.3) is 0 Å². The lowest BCUT2D eigenvalue weighted by atomic mass is 10.0. The summed E-state index contributed by atoms with van der Waals surface area (Å²) in [6, 6.07) is 14.4. The highest BCUT2D eigenvalue weighted by atomic mass is 14.9. The Morgan fingerprint density at radius 1 is 0.700 bits per heavy atom. The normalized spacial score (nSPS) is 11.0. The molecule has 0 fully saturated rings. The molecule has 0 bridgehead atoms. The van der Waals surface area contributed by atoms with Crippen LogP contribution >= 0.6 is 0 Å². The molecule has 0 saturated heterocycles. The van der Waals surface area contributed by atoms with Crippen molar-refractivity contribution in [2.24, 2.45) is 0 Å². The Morgan fingerprint density at radius 3 is 2.55 bits per heavy atom. The molecule has 2 aromatic heterocycles. The van der Waals surface area contributed by atoms with Gasteiger partial charge in [0.15, 0.2) is 5.65 Å². The third-order valence-corrected chi connectivity index (χ3v) is 3.31. The van der Waals surface area contributed by atoms with E-state index in [0.29, 0.717) is 5.65 Å². The Balaban J connectivity index is 2.12. The number of rotatable bonds is 1. The molecular weight excluding hydrogens is 248 g/mol. The van der Waals surface area contributed by atoms with Crippen molar-refractivity contribution >= 4 is 21.9 Å². The lowest BCUT2D eigenvalue weighted by Gasteiger charge is -2.07. The molecule has 0 amide bonds. The van der Waals surface area contributed by atoms with Crippen molar-refractivity contribution in [3.8, 4) is 11.3 Å². The highest BCUT2D eigenvalue weighted by Crippen LogP contribution is 2.29. The minimum absolute atomic E-state index is 0.616. The molecule has 4 nitrogen and oxygen atoms in total. The zero-order chi connectivity index (χ0) is 13.4. The second kappa shape index (κ2) is 4.35. The molecule has 0 atom stereocenters. The van der Waals surface area contributed by atoms with Crippen LogP contribution in [-0.2, 0) is 0 Å². The molecule has 0 aliphatic heterocycles. The fourth-order valence-corrected chi connectivity index (χ4v) is 2.42. The van der Waals surface area contributed by atoms with E-state index in [-0.39, 0.29) is 0 Å². The number of hydrogen-bond acceptors (Lipinski definition) is 4. The maximum absolute atomic E-state index is 4.41. The van der Waals surface area contributed by atoms with Crippen molar-refractivity contribution in [1.29, 1.82) is 0 Å². The van der Waals surface area contributed by atoms with Crippen LogP contribution in [0.3, 0.4) is 0 Å². The van der Waals surface area contributed by atoms with Gasteiger partial charge in [0, 0.05) is 18.0 Å². The molecule has 0 spiro atoms. The molecule has 0 aliphatic carbocycles. The first-order valence-electron chi connectivity index (χ1n) is 6.33. The van der Waals surface area contributed by atoms with E-state index < -0.39 is 0 Å². The first kappa shape index (κ1) is 11.0. The largest absolute Gasteiger partial charge is 0.249 e. The van der Waals surface area contributed by atoms with Crippen LogP contribution in [-0.4, -0.2) is 19.9 Å². The number of nitrogens with zero attached hydrogens (tertiary/aromatic N) is 4. The van der Waals surface area contributed by atoms with Crippen LogP contribution in [0.1, 0.15) is 0 Å². The highest BCUT2D eigenvalue weighted by Gasteiger charge is 2.10. The van der Waals surface area contributed by atoms with Gasteiger partial charge < -0.3 is 0 Å². The second-order valence-electron chi connectivity index (χ2n) is 4.48. The zero-order valence-corrected chi connectivity index (χ0v) is 10.6. The maximum atomic E-state index is 4.41. The summed E-state index contributed by atoms with van der Waals surface area (Å²) < 4.78 is 0. The van der Waals surface area contributed by atoms with E-state index in [1.54, 1.807) is 12.4 Å². The summed E-state index contributed by atoms with van der Waals surface area (Å²) in [6.45, 7) is 0. The lowest BCUT2D eigenvalue weighted by molar-refractivity contribution is 1.15. The Labute approximate surface area is 115 Å². The fraction of sp³-hybridized carbons (Fsp3) is 0. The lowest BCUT2D eigenvalue weighted by Crippen LogP contribution is -1.93. The van der Waals surface area contributed by atoms with Gasteiger partial charge in [-0.2, -0.15) is 0 Å². The minimum atomic E-state index is 0.616. The highest BCUT2D eigenvalue weighted by molar-refractivity contribution is 6.00. The summed E-state index contributed by atoms with van der Waals surface area (Å²) in [5, 5.41) is 2.33. The summed E-state index contributed by atoms with van der Waals surface area (Å²) in [5.41, 5.74) is 3.22. The van der Waals surface area contributed by atoms with Gasteiger partial charge in [-0.05, 0) is 10.8 Å². The van der Waals surface area contributed by atoms with Crippen LogP contribution in [0.2, 0.25) is 0 Å². The Kier molecular flexibility index (Phi) is 2.39. The third kappa shape index (κ3) is 1.62. The van der Waals surface area contributed by atoms with E-state index in [0.717, 1.165) is 22.2 Å².